The lowest BCUT2D eigenvalue weighted by molar-refractivity contribution is 0.600. The van der Waals surface area contributed by atoms with E-state index in [4.69, 9.17) is 0 Å². The van der Waals surface area contributed by atoms with Crippen LogP contribution in [0.25, 0.3) is 0 Å². The molecule has 0 fully saturated rings. The summed E-state index contributed by atoms with van der Waals surface area (Å²) in [5.74, 6) is 1.31. The van der Waals surface area contributed by atoms with Gasteiger partial charge in [-0.05, 0) is 20.3 Å². The molecule has 0 amide bonds. The third-order valence-corrected chi connectivity index (χ3v) is 3.90. The molecule has 0 aromatic carbocycles. The fraction of sp³-hybridized carbons (Fsp3) is 0.700. The first-order valence-corrected chi connectivity index (χ1v) is 6.23. The van der Waals surface area contributed by atoms with E-state index < -0.39 is 0 Å². The highest BCUT2D eigenvalue weighted by Crippen LogP contribution is 2.27. The second-order valence-electron chi connectivity index (χ2n) is 4.02. The lowest BCUT2D eigenvalue weighted by Gasteiger charge is -2.19. The van der Waals surface area contributed by atoms with Gasteiger partial charge in [-0.15, -0.1) is 0 Å². The molecule has 1 aliphatic heterocycles. The minimum atomic E-state index is 0.735. The molecule has 1 unspecified atom stereocenters. The zero-order chi connectivity index (χ0) is 10.3. The number of halogens is 1. The predicted octanol–water partition coefficient (Wildman–Crippen LogP) is 2.14. The van der Waals surface area contributed by atoms with E-state index in [0.29, 0.717) is 0 Å². The number of alkyl halides is 1. The van der Waals surface area contributed by atoms with Crippen molar-refractivity contribution < 1.29 is 0 Å². The number of fused-ring (bicyclic) bond motifs is 1. The molecule has 0 N–H and O–H groups in total. The van der Waals surface area contributed by atoms with Crippen LogP contribution in [0.3, 0.4) is 0 Å². The maximum absolute atomic E-state index is 4.57. The van der Waals surface area contributed by atoms with Crippen molar-refractivity contribution >= 4 is 28.4 Å². The van der Waals surface area contributed by atoms with Crippen LogP contribution in [0.4, 0.5) is 5.82 Å². The van der Waals surface area contributed by atoms with Gasteiger partial charge in [0.15, 0.2) is 0 Å². The van der Waals surface area contributed by atoms with Crippen molar-refractivity contribution in [2.75, 3.05) is 18.5 Å². The minimum absolute atomic E-state index is 0.735. The predicted molar refractivity (Wildman–Crippen MR) is 67.4 cm³/mol. The molecule has 0 spiro atoms. The van der Waals surface area contributed by atoms with Crippen LogP contribution < -0.4 is 4.90 Å². The fourth-order valence-electron chi connectivity index (χ4n) is 2.04. The Morgan fingerprint density at radius 2 is 2.14 bits per heavy atom. The topological polar surface area (TPSA) is 21.1 Å². The van der Waals surface area contributed by atoms with E-state index in [1.807, 2.05) is 0 Å². The zero-order valence-electron chi connectivity index (χ0n) is 8.92. The van der Waals surface area contributed by atoms with Gasteiger partial charge in [0.2, 0.25) is 0 Å². The monoisotopic (exact) mass is 305 g/mol. The molecule has 0 aliphatic carbocycles. The first-order valence-electron chi connectivity index (χ1n) is 4.99. The number of hydrogen-bond donors (Lipinski definition) is 0. The van der Waals surface area contributed by atoms with E-state index in [9.17, 15) is 0 Å². The van der Waals surface area contributed by atoms with E-state index in [0.717, 1.165) is 17.0 Å². The molecular weight excluding hydrogens is 289 g/mol. The van der Waals surface area contributed by atoms with Gasteiger partial charge in [-0.3, -0.25) is 0 Å². The van der Waals surface area contributed by atoms with E-state index in [2.05, 4.69) is 58.2 Å². The van der Waals surface area contributed by atoms with Gasteiger partial charge in [0.05, 0.1) is 5.69 Å². The molecule has 4 heteroatoms. The fourth-order valence-corrected chi connectivity index (χ4v) is 2.90. The highest BCUT2D eigenvalue weighted by Gasteiger charge is 2.21. The molecule has 1 aromatic heterocycles. The summed E-state index contributed by atoms with van der Waals surface area (Å²) in [6, 6.07) is 0. The molecule has 1 aromatic rings. The van der Waals surface area contributed by atoms with Crippen molar-refractivity contribution in [1.29, 1.82) is 0 Å². The van der Waals surface area contributed by atoms with E-state index in [-0.39, 0.29) is 0 Å². The summed E-state index contributed by atoms with van der Waals surface area (Å²) in [7, 11) is 2.16. The highest BCUT2D eigenvalue weighted by molar-refractivity contribution is 14.1. The van der Waals surface area contributed by atoms with E-state index in [1.165, 1.54) is 23.5 Å². The Morgan fingerprint density at radius 3 is 2.86 bits per heavy atom. The van der Waals surface area contributed by atoms with Crippen LogP contribution in [0.1, 0.15) is 17.7 Å². The lowest BCUT2D eigenvalue weighted by atomic mass is 10.2. The van der Waals surface area contributed by atoms with Crippen molar-refractivity contribution in [2.45, 2.75) is 30.7 Å². The molecule has 2 rings (SSSR count). The molecule has 0 bridgehead atoms. The zero-order valence-corrected chi connectivity index (χ0v) is 11.1. The van der Waals surface area contributed by atoms with Crippen LogP contribution in [-0.4, -0.2) is 27.3 Å². The molecule has 78 valence electrons. The second-order valence-corrected chi connectivity index (χ2v) is 5.79. The number of aryl methyl sites for hydroxylation is 2. The standard InChI is InChI=1S/C10H16IN3/c1-7-8(2)12-14-5-4-9(11)6-13(3)10(7)14/h9H,4-6H2,1-3H3. The SMILES string of the molecule is Cc1nn2c(c1C)N(C)CC(I)CC2. The number of rotatable bonds is 0. The Balaban J connectivity index is 2.43. The summed E-state index contributed by atoms with van der Waals surface area (Å²) >= 11 is 2.53. The molecule has 14 heavy (non-hydrogen) atoms. The molecule has 0 radical (unpaired) electrons. The van der Waals surface area contributed by atoms with E-state index in [1.54, 1.807) is 0 Å². The Labute approximate surface area is 98.6 Å². The average molecular weight is 305 g/mol. The quantitative estimate of drug-likeness (QED) is 0.541. The molecule has 0 saturated heterocycles. The van der Waals surface area contributed by atoms with Crippen molar-refractivity contribution in [3.8, 4) is 0 Å². The first kappa shape index (κ1) is 10.3. The van der Waals surface area contributed by atoms with Crippen molar-refractivity contribution in [1.82, 2.24) is 9.78 Å². The number of aromatic nitrogens is 2. The van der Waals surface area contributed by atoms with Crippen molar-refractivity contribution in [3.63, 3.8) is 0 Å². The normalized spacial score (nSPS) is 22.0. The van der Waals surface area contributed by atoms with Crippen LogP contribution in [0.15, 0.2) is 0 Å². The molecule has 3 nitrogen and oxygen atoms in total. The van der Waals surface area contributed by atoms with Crippen LogP contribution >= 0.6 is 22.6 Å². The Bertz CT molecular complexity index is 345. The van der Waals surface area contributed by atoms with E-state index >= 15 is 0 Å². The van der Waals surface area contributed by atoms with Gasteiger partial charge < -0.3 is 4.90 Å². The molecular formula is C10H16IN3. The van der Waals surface area contributed by atoms with Crippen LogP contribution in [0.5, 0.6) is 0 Å². The summed E-state index contributed by atoms with van der Waals surface area (Å²) < 4.78 is 2.89. The number of nitrogens with zero attached hydrogens (tertiary/aromatic N) is 3. The number of hydrogen-bond acceptors (Lipinski definition) is 2. The summed E-state index contributed by atoms with van der Waals surface area (Å²) in [5, 5.41) is 4.57. The maximum atomic E-state index is 4.57. The first-order chi connectivity index (χ1) is 6.59. The largest absolute Gasteiger partial charge is 0.359 e. The molecule has 2 heterocycles. The Kier molecular flexibility index (Phi) is 2.72. The summed E-state index contributed by atoms with van der Waals surface area (Å²) in [6.45, 7) is 6.44. The number of anilines is 1. The van der Waals surface area contributed by atoms with Crippen LogP contribution in [-0.2, 0) is 6.54 Å². The van der Waals surface area contributed by atoms with Gasteiger partial charge in [0, 0.05) is 29.6 Å². The summed E-state index contributed by atoms with van der Waals surface area (Å²) in [5.41, 5.74) is 2.50. The van der Waals surface area contributed by atoms with Gasteiger partial charge in [-0.25, -0.2) is 4.68 Å². The Morgan fingerprint density at radius 1 is 1.43 bits per heavy atom. The third kappa shape index (κ3) is 1.64. The highest BCUT2D eigenvalue weighted by atomic mass is 127. The summed E-state index contributed by atoms with van der Waals surface area (Å²) in [4.78, 5) is 2.33. The minimum Gasteiger partial charge on any atom is -0.359 e. The van der Waals surface area contributed by atoms with Gasteiger partial charge in [0.1, 0.15) is 5.82 Å². The van der Waals surface area contributed by atoms with Crippen LogP contribution in [0.2, 0.25) is 0 Å². The van der Waals surface area contributed by atoms with Crippen molar-refractivity contribution in [2.24, 2.45) is 0 Å². The van der Waals surface area contributed by atoms with Crippen LogP contribution in [0, 0.1) is 13.8 Å². The molecule has 1 atom stereocenters. The van der Waals surface area contributed by atoms with Gasteiger partial charge in [-0.2, -0.15) is 5.10 Å². The Hall–Kier alpha value is -0.260. The summed E-state index contributed by atoms with van der Waals surface area (Å²) in [6.07, 6.45) is 1.22. The lowest BCUT2D eigenvalue weighted by Crippen LogP contribution is -2.24. The van der Waals surface area contributed by atoms with Gasteiger partial charge in [-0.1, -0.05) is 22.6 Å². The maximum Gasteiger partial charge on any atom is 0.129 e. The van der Waals surface area contributed by atoms with Gasteiger partial charge >= 0.3 is 0 Å². The molecule has 1 aliphatic rings. The van der Waals surface area contributed by atoms with Gasteiger partial charge in [0.25, 0.3) is 0 Å². The van der Waals surface area contributed by atoms with Crippen molar-refractivity contribution in [3.05, 3.63) is 11.3 Å². The molecule has 0 saturated carbocycles. The smallest absolute Gasteiger partial charge is 0.129 e. The average Bonchev–Trinajstić information content (AvgIpc) is 2.31. The second kappa shape index (κ2) is 3.72. The third-order valence-electron chi connectivity index (χ3n) is 2.88.